The van der Waals surface area contributed by atoms with Crippen LogP contribution >= 0.6 is 0 Å². The van der Waals surface area contributed by atoms with E-state index in [9.17, 15) is 0 Å². The number of ether oxygens (including phenoxy) is 1. The van der Waals surface area contributed by atoms with Crippen molar-refractivity contribution >= 4 is 25.0 Å². The molecule has 6 atom stereocenters. The molecule has 0 aromatic rings. The lowest BCUT2D eigenvalue weighted by molar-refractivity contribution is -0.207. The molecule has 0 bridgehead atoms. The molecule has 1 saturated heterocycles. The van der Waals surface area contributed by atoms with Crippen molar-refractivity contribution in [2.45, 2.75) is 187 Å². The Labute approximate surface area is 247 Å². The topological polar surface area (TPSA) is 36.9 Å². The van der Waals surface area contributed by atoms with Crippen LogP contribution in [-0.4, -0.2) is 55.5 Å². The van der Waals surface area contributed by atoms with Gasteiger partial charge in [-0.15, -0.1) is 0 Å². The maximum Gasteiger partial charge on any atom is 0.193 e. The number of hydrogen-bond donors (Lipinski definition) is 0. The van der Waals surface area contributed by atoms with Gasteiger partial charge in [-0.2, -0.15) is 0 Å². The van der Waals surface area contributed by atoms with E-state index in [0.717, 1.165) is 19.3 Å². The van der Waals surface area contributed by atoms with E-state index in [-0.39, 0.29) is 51.6 Å². The summed E-state index contributed by atoms with van der Waals surface area (Å²) in [5, 5.41) is 0.294. The fraction of sp³-hybridized carbons (Fsp3) is 0.938. The largest absolute Gasteiger partial charge is 0.411 e. The maximum absolute atomic E-state index is 7.39. The lowest BCUT2D eigenvalue weighted by Crippen LogP contribution is -2.65. The molecule has 1 heterocycles. The highest BCUT2D eigenvalue weighted by atomic mass is 28.4. The first-order valence-corrected chi connectivity index (χ1v) is 24.4. The number of allylic oxidation sites excluding steroid dienone is 1. The lowest BCUT2D eigenvalue weighted by Gasteiger charge is -2.54. The number of rotatable bonds is 11. The van der Waals surface area contributed by atoms with Crippen LogP contribution in [0.15, 0.2) is 12.2 Å². The monoisotopic (exact) mass is 600 g/mol. The van der Waals surface area contributed by atoms with Crippen LogP contribution in [0.3, 0.4) is 0 Å². The predicted molar refractivity (Wildman–Crippen MR) is 178 cm³/mol. The molecule has 0 spiro atoms. The van der Waals surface area contributed by atoms with E-state index in [0.29, 0.717) is 0 Å². The van der Waals surface area contributed by atoms with Crippen molar-refractivity contribution in [1.29, 1.82) is 0 Å². The van der Waals surface area contributed by atoms with Crippen LogP contribution in [-0.2, 0) is 18.0 Å². The summed E-state index contributed by atoms with van der Waals surface area (Å²) in [6.07, 6.45) is 7.24. The molecular weight excluding hydrogens is 533 g/mol. The molecule has 7 heteroatoms. The molecule has 1 aliphatic heterocycles. The Balaban J connectivity index is 3.81. The average molecular weight is 601 g/mol. The smallest absolute Gasteiger partial charge is 0.193 e. The minimum Gasteiger partial charge on any atom is -0.411 e. The Bertz CT molecular complexity index is 787. The molecule has 1 aliphatic rings. The summed E-state index contributed by atoms with van der Waals surface area (Å²) in [5.74, 6) is 0.246. The second-order valence-electron chi connectivity index (χ2n) is 16.7. The van der Waals surface area contributed by atoms with Gasteiger partial charge in [-0.25, -0.2) is 0 Å². The van der Waals surface area contributed by atoms with Gasteiger partial charge < -0.3 is 18.0 Å². The minimum atomic E-state index is -2.15. The Hall–Kier alpha value is 0.231. The average Bonchev–Trinajstić information content (AvgIpc) is 2.72. The number of unbranched alkanes of at least 4 members (excludes halogenated alkanes) is 1. The minimum absolute atomic E-state index is 0.0311. The van der Waals surface area contributed by atoms with Crippen LogP contribution in [0.4, 0.5) is 0 Å². The molecule has 0 aliphatic carbocycles. The fourth-order valence-electron chi connectivity index (χ4n) is 4.37. The zero-order valence-electron chi connectivity index (χ0n) is 29.4. The van der Waals surface area contributed by atoms with E-state index < -0.39 is 25.0 Å². The lowest BCUT2D eigenvalue weighted by atomic mass is 9.84. The highest BCUT2D eigenvalue weighted by molar-refractivity contribution is 6.75. The third-order valence-corrected chi connectivity index (χ3v) is 23.8. The van der Waals surface area contributed by atoms with Crippen molar-refractivity contribution in [3.8, 4) is 0 Å². The fourth-order valence-corrected chi connectivity index (χ4v) is 8.30. The van der Waals surface area contributed by atoms with Gasteiger partial charge in [0.2, 0.25) is 0 Å². The summed E-state index contributed by atoms with van der Waals surface area (Å²) in [4.78, 5) is 0. The van der Waals surface area contributed by atoms with Gasteiger partial charge in [0.05, 0.1) is 24.4 Å². The molecule has 39 heavy (non-hydrogen) atoms. The van der Waals surface area contributed by atoms with E-state index in [2.05, 4.69) is 135 Å². The summed E-state index contributed by atoms with van der Waals surface area (Å²) in [6.45, 7) is 41.8. The second-order valence-corrected chi connectivity index (χ2v) is 31.0. The van der Waals surface area contributed by atoms with Crippen LogP contribution in [0.25, 0.3) is 0 Å². The van der Waals surface area contributed by atoms with Crippen molar-refractivity contribution in [2.24, 2.45) is 5.92 Å². The van der Waals surface area contributed by atoms with E-state index >= 15 is 0 Å². The van der Waals surface area contributed by atoms with Crippen LogP contribution in [0.5, 0.6) is 0 Å². The van der Waals surface area contributed by atoms with Crippen molar-refractivity contribution in [2.75, 3.05) is 0 Å². The number of hydrogen-bond acceptors (Lipinski definition) is 4. The van der Waals surface area contributed by atoms with Gasteiger partial charge in [0.1, 0.15) is 6.10 Å². The standard InChI is InChI=1S/C32H68O4Si3/c1-19-21-23-25-24(3)27(35-38(15,16)31(7,8)9)29(36-39(17,18)32(10,11)12)28(33-25)26(22-20-2)34-37(13,14)30(4,5)6/h20,22,24-29H,19,21,23H2,1-18H3/b22-20+/t24-,25-,26-,27-,28-,29-/m0/s1. The van der Waals surface area contributed by atoms with E-state index in [1.807, 2.05) is 0 Å². The Morgan fingerprint density at radius 3 is 1.56 bits per heavy atom. The zero-order valence-corrected chi connectivity index (χ0v) is 32.4. The normalized spacial score (nSPS) is 27.3. The summed E-state index contributed by atoms with van der Waals surface area (Å²) in [7, 11) is -6.32. The van der Waals surface area contributed by atoms with Crippen molar-refractivity contribution < 1.29 is 18.0 Å². The second kappa shape index (κ2) is 13.3. The van der Waals surface area contributed by atoms with Crippen LogP contribution < -0.4 is 0 Å². The third kappa shape index (κ3) is 9.36. The van der Waals surface area contributed by atoms with Gasteiger partial charge in [-0.1, -0.05) is 101 Å². The van der Waals surface area contributed by atoms with Crippen molar-refractivity contribution in [3.63, 3.8) is 0 Å². The van der Waals surface area contributed by atoms with Gasteiger partial charge in [0.15, 0.2) is 25.0 Å². The van der Waals surface area contributed by atoms with Crippen LogP contribution in [0.1, 0.15) is 102 Å². The summed E-state index contributed by atoms with van der Waals surface area (Å²) in [6, 6.07) is 0. The predicted octanol–water partition coefficient (Wildman–Crippen LogP) is 10.3. The molecule has 232 valence electrons. The first-order valence-electron chi connectivity index (χ1n) is 15.6. The summed E-state index contributed by atoms with van der Waals surface area (Å²) >= 11 is 0. The molecule has 0 amide bonds. The summed E-state index contributed by atoms with van der Waals surface area (Å²) < 4.78 is 29.1. The van der Waals surface area contributed by atoms with Gasteiger partial charge in [-0.3, -0.25) is 0 Å². The Kier molecular flexibility index (Phi) is 12.7. The van der Waals surface area contributed by atoms with E-state index in [1.54, 1.807) is 0 Å². The van der Waals surface area contributed by atoms with Crippen LogP contribution in [0, 0.1) is 5.92 Å². The van der Waals surface area contributed by atoms with Crippen molar-refractivity contribution in [3.05, 3.63) is 12.2 Å². The maximum atomic E-state index is 7.39. The molecule has 0 aromatic heterocycles. The molecule has 0 aromatic carbocycles. The highest BCUT2D eigenvalue weighted by Crippen LogP contribution is 2.46. The molecule has 0 saturated carbocycles. The highest BCUT2D eigenvalue weighted by Gasteiger charge is 2.54. The zero-order chi connectivity index (χ0) is 30.8. The Morgan fingerprint density at radius 2 is 1.18 bits per heavy atom. The van der Waals surface area contributed by atoms with Gasteiger partial charge in [0, 0.05) is 5.92 Å². The SMILES string of the molecule is C/C=C/[C@H](O[Si](C)(C)C(C)(C)C)[C@@H]1O[C@@H](CCCC)[C@H](C)[C@H](O[Si](C)(C)C(C)(C)C)[C@@H]1O[Si](C)(C)C(C)(C)C. The van der Waals surface area contributed by atoms with Crippen LogP contribution in [0.2, 0.25) is 54.4 Å². The third-order valence-electron chi connectivity index (χ3n) is 10.3. The van der Waals surface area contributed by atoms with Gasteiger partial charge in [0.25, 0.3) is 0 Å². The quantitative estimate of drug-likeness (QED) is 0.175. The first-order chi connectivity index (χ1) is 17.3. The first kappa shape index (κ1) is 37.3. The summed E-state index contributed by atoms with van der Waals surface area (Å²) in [5.41, 5.74) is 0. The Morgan fingerprint density at radius 1 is 0.744 bits per heavy atom. The molecule has 1 fully saturated rings. The molecular formula is C32H68O4Si3. The van der Waals surface area contributed by atoms with Crippen molar-refractivity contribution in [1.82, 2.24) is 0 Å². The van der Waals surface area contributed by atoms with Gasteiger partial charge in [-0.05, 0) is 67.7 Å². The van der Waals surface area contributed by atoms with E-state index in [4.69, 9.17) is 18.0 Å². The molecule has 0 unspecified atom stereocenters. The van der Waals surface area contributed by atoms with Gasteiger partial charge >= 0.3 is 0 Å². The molecule has 1 rings (SSSR count). The molecule has 4 nitrogen and oxygen atoms in total. The molecule has 0 radical (unpaired) electrons. The van der Waals surface area contributed by atoms with E-state index in [1.165, 1.54) is 0 Å². The molecule has 0 N–H and O–H groups in total.